The third-order valence-corrected chi connectivity index (χ3v) is 3.91. The highest BCUT2D eigenvalue weighted by molar-refractivity contribution is 9.10. The van der Waals surface area contributed by atoms with E-state index in [0.717, 1.165) is 15.7 Å². The van der Waals surface area contributed by atoms with Gasteiger partial charge < -0.3 is 5.11 Å². The second-order valence-electron chi connectivity index (χ2n) is 5.00. The average molecular weight is 337 g/mol. The minimum absolute atomic E-state index is 0.274. The molecule has 0 spiro atoms. The second kappa shape index (κ2) is 6.22. The topological polar surface area (TPSA) is 55.1 Å². The summed E-state index contributed by atoms with van der Waals surface area (Å²) in [4.78, 5) is 11.5. The molecule has 0 aliphatic carbocycles. The maximum absolute atomic E-state index is 11.5. The number of aliphatic carboxylic acids is 1. The summed E-state index contributed by atoms with van der Waals surface area (Å²) in [6.07, 6.45) is 2.27. The molecular weight excluding hydrogens is 320 g/mol. The number of rotatable bonds is 5. The molecule has 1 aromatic carbocycles. The van der Waals surface area contributed by atoms with Crippen LogP contribution in [0.1, 0.15) is 37.1 Å². The number of carboxylic acids is 1. The van der Waals surface area contributed by atoms with Crippen LogP contribution in [-0.2, 0) is 11.2 Å². The van der Waals surface area contributed by atoms with Gasteiger partial charge in [0.2, 0.25) is 0 Å². The molecule has 0 saturated heterocycles. The van der Waals surface area contributed by atoms with Crippen molar-refractivity contribution in [1.82, 2.24) is 9.78 Å². The van der Waals surface area contributed by atoms with E-state index in [2.05, 4.69) is 21.0 Å². The summed E-state index contributed by atoms with van der Waals surface area (Å²) in [5.41, 5.74) is 1.57. The van der Waals surface area contributed by atoms with Crippen LogP contribution in [0.4, 0.5) is 0 Å². The van der Waals surface area contributed by atoms with Crippen molar-refractivity contribution in [2.75, 3.05) is 0 Å². The van der Waals surface area contributed by atoms with Crippen molar-refractivity contribution in [3.8, 4) is 0 Å². The summed E-state index contributed by atoms with van der Waals surface area (Å²) in [6, 6.07) is 9.58. The maximum Gasteiger partial charge on any atom is 0.311 e. The Balaban J connectivity index is 2.26. The van der Waals surface area contributed by atoms with Gasteiger partial charge in [0.15, 0.2) is 0 Å². The van der Waals surface area contributed by atoms with E-state index in [4.69, 9.17) is 0 Å². The minimum Gasteiger partial charge on any atom is -0.481 e. The SMILES string of the molecule is CC(C)n1ccc(CC(C(=O)O)c2ccccc2Br)n1. The van der Waals surface area contributed by atoms with Crippen molar-refractivity contribution in [3.05, 3.63) is 52.3 Å². The number of aromatic nitrogens is 2. The van der Waals surface area contributed by atoms with Crippen LogP contribution in [0.5, 0.6) is 0 Å². The zero-order chi connectivity index (χ0) is 14.7. The first-order valence-corrected chi connectivity index (χ1v) is 7.29. The van der Waals surface area contributed by atoms with Crippen molar-refractivity contribution < 1.29 is 9.90 Å². The number of carbonyl (C=O) groups is 1. The van der Waals surface area contributed by atoms with E-state index < -0.39 is 11.9 Å². The number of hydrogen-bond donors (Lipinski definition) is 1. The third kappa shape index (κ3) is 3.28. The van der Waals surface area contributed by atoms with E-state index in [-0.39, 0.29) is 6.04 Å². The number of hydrogen-bond acceptors (Lipinski definition) is 2. The van der Waals surface area contributed by atoms with Gasteiger partial charge in [0.1, 0.15) is 0 Å². The number of nitrogens with zero attached hydrogens (tertiary/aromatic N) is 2. The van der Waals surface area contributed by atoms with Gasteiger partial charge in [-0.05, 0) is 31.5 Å². The smallest absolute Gasteiger partial charge is 0.311 e. The molecule has 106 valence electrons. The molecule has 20 heavy (non-hydrogen) atoms. The van der Waals surface area contributed by atoms with E-state index in [0.29, 0.717) is 6.42 Å². The Morgan fingerprint density at radius 2 is 2.05 bits per heavy atom. The van der Waals surface area contributed by atoms with Gasteiger partial charge in [-0.3, -0.25) is 9.48 Å². The zero-order valence-electron chi connectivity index (χ0n) is 11.5. The lowest BCUT2D eigenvalue weighted by Crippen LogP contribution is -2.15. The van der Waals surface area contributed by atoms with E-state index in [1.54, 1.807) is 0 Å². The van der Waals surface area contributed by atoms with Crippen LogP contribution in [0.3, 0.4) is 0 Å². The van der Waals surface area contributed by atoms with Gasteiger partial charge in [0.05, 0.1) is 11.6 Å². The van der Waals surface area contributed by atoms with Crippen LogP contribution >= 0.6 is 15.9 Å². The maximum atomic E-state index is 11.5. The Bertz CT molecular complexity index is 607. The summed E-state index contributed by atoms with van der Waals surface area (Å²) >= 11 is 3.42. The molecule has 2 rings (SSSR count). The van der Waals surface area contributed by atoms with Crippen LogP contribution in [0, 0.1) is 0 Å². The lowest BCUT2D eigenvalue weighted by atomic mass is 9.94. The summed E-state index contributed by atoms with van der Waals surface area (Å²) < 4.78 is 2.66. The lowest BCUT2D eigenvalue weighted by Gasteiger charge is -2.13. The number of carboxylic acid groups (broad SMARTS) is 1. The standard InChI is InChI=1S/C15H17BrN2O2/c1-10(2)18-8-7-11(17-18)9-13(15(19)20)12-5-3-4-6-14(12)16/h3-8,10,13H,9H2,1-2H3,(H,19,20). The van der Waals surface area contributed by atoms with Gasteiger partial charge in [0, 0.05) is 23.1 Å². The van der Waals surface area contributed by atoms with Crippen molar-refractivity contribution >= 4 is 21.9 Å². The summed E-state index contributed by atoms with van der Waals surface area (Å²) in [6.45, 7) is 4.08. The number of halogens is 1. The average Bonchev–Trinajstić information content (AvgIpc) is 2.85. The van der Waals surface area contributed by atoms with Crippen molar-refractivity contribution in [1.29, 1.82) is 0 Å². The molecule has 0 saturated carbocycles. The van der Waals surface area contributed by atoms with E-state index >= 15 is 0 Å². The molecule has 2 aromatic rings. The molecule has 1 N–H and O–H groups in total. The molecule has 0 radical (unpaired) electrons. The summed E-state index contributed by atoms with van der Waals surface area (Å²) in [5, 5.41) is 13.9. The molecule has 5 heteroatoms. The van der Waals surface area contributed by atoms with Gasteiger partial charge in [-0.25, -0.2) is 0 Å². The largest absolute Gasteiger partial charge is 0.481 e. The summed E-state index contributed by atoms with van der Waals surface area (Å²) in [7, 11) is 0. The highest BCUT2D eigenvalue weighted by Crippen LogP contribution is 2.27. The fourth-order valence-corrected chi connectivity index (χ4v) is 2.63. The Morgan fingerprint density at radius 3 is 2.60 bits per heavy atom. The van der Waals surface area contributed by atoms with Crippen molar-refractivity contribution in [3.63, 3.8) is 0 Å². The van der Waals surface area contributed by atoms with Gasteiger partial charge in [0.25, 0.3) is 0 Å². The molecule has 1 aromatic heterocycles. The Hall–Kier alpha value is -1.62. The molecule has 0 aliphatic rings. The predicted octanol–water partition coefficient (Wildman–Crippen LogP) is 3.64. The predicted molar refractivity (Wildman–Crippen MR) is 80.8 cm³/mol. The number of benzene rings is 1. The lowest BCUT2D eigenvalue weighted by molar-refractivity contribution is -0.138. The molecule has 0 amide bonds. The molecule has 0 aliphatic heterocycles. The third-order valence-electron chi connectivity index (χ3n) is 3.18. The Labute approximate surface area is 126 Å². The molecule has 1 unspecified atom stereocenters. The molecule has 1 heterocycles. The molecule has 0 bridgehead atoms. The van der Waals surface area contributed by atoms with Gasteiger partial charge in [-0.15, -0.1) is 0 Å². The van der Waals surface area contributed by atoms with Crippen LogP contribution in [0.2, 0.25) is 0 Å². The quantitative estimate of drug-likeness (QED) is 0.906. The van der Waals surface area contributed by atoms with Crippen LogP contribution in [0.15, 0.2) is 41.0 Å². The van der Waals surface area contributed by atoms with E-state index in [9.17, 15) is 9.90 Å². The Kier molecular flexibility index (Phi) is 4.60. The molecule has 0 fully saturated rings. The van der Waals surface area contributed by atoms with Gasteiger partial charge in [-0.2, -0.15) is 5.10 Å². The highest BCUT2D eigenvalue weighted by Gasteiger charge is 2.23. The van der Waals surface area contributed by atoms with E-state index in [1.807, 2.05) is 55.1 Å². The van der Waals surface area contributed by atoms with Crippen LogP contribution in [-0.4, -0.2) is 20.9 Å². The fraction of sp³-hybridized carbons (Fsp3) is 0.333. The van der Waals surface area contributed by atoms with Gasteiger partial charge >= 0.3 is 5.97 Å². The fourth-order valence-electron chi connectivity index (χ4n) is 2.07. The first kappa shape index (κ1) is 14.8. The highest BCUT2D eigenvalue weighted by atomic mass is 79.9. The zero-order valence-corrected chi connectivity index (χ0v) is 13.0. The van der Waals surface area contributed by atoms with Crippen molar-refractivity contribution in [2.45, 2.75) is 32.2 Å². The molecule has 1 atom stereocenters. The normalized spacial score (nSPS) is 12.6. The monoisotopic (exact) mass is 336 g/mol. The minimum atomic E-state index is -0.837. The Morgan fingerprint density at radius 1 is 1.35 bits per heavy atom. The second-order valence-corrected chi connectivity index (χ2v) is 5.85. The molecular formula is C15H17BrN2O2. The first-order chi connectivity index (χ1) is 9.49. The van der Waals surface area contributed by atoms with Gasteiger partial charge in [-0.1, -0.05) is 34.1 Å². The molecule has 4 nitrogen and oxygen atoms in total. The van der Waals surface area contributed by atoms with E-state index in [1.165, 1.54) is 0 Å². The summed E-state index contributed by atoms with van der Waals surface area (Å²) in [5.74, 6) is -1.43. The van der Waals surface area contributed by atoms with Crippen LogP contribution in [0.25, 0.3) is 0 Å². The van der Waals surface area contributed by atoms with Crippen molar-refractivity contribution in [2.24, 2.45) is 0 Å². The first-order valence-electron chi connectivity index (χ1n) is 6.50. The van der Waals surface area contributed by atoms with Crippen LogP contribution < -0.4 is 0 Å².